The Balaban J connectivity index is 0.000000279. The van der Waals surface area contributed by atoms with Gasteiger partial charge in [0, 0.05) is 68.8 Å². The summed E-state index contributed by atoms with van der Waals surface area (Å²) in [5.74, 6) is -3.78. The second-order valence-electron chi connectivity index (χ2n) is 22.4. The summed E-state index contributed by atoms with van der Waals surface area (Å²) < 4.78 is 45.1. The number of benzene rings is 4. The van der Waals surface area contributed by atoms with Crippen LogP contribution in [0, 0.1) is 18.8 Å². The molecule has 4 aromatic carbocycles. The number of hydrogen-bond acceptors (Lipinski definition) is 13. The molecule has 1 saturated heterocycles. The highest BCUT2D eigenvalue weighted by Crippen LogP contribution is 2.31. The van der Waals surface area contributed by atoms with Crippen molar-refractivity contribution in [2.45, 2.75) is 134 Å². The molecule has 3 heterocycles. The number of ether oxygens (including phenoxy) is 1. The first-order valence-corrected chi connectivity index (χ1v) is 29.0. The van der Waals surface area contributed by atoms with E-state index < -0.39 is 83.4 Å². The molecule has 0 unspecified atom stereocenters. The molecule has 87 heavy (non-hydrogen) atoms. The number of H-pyrrole nitrogens is 1. The zero-order valence-corrected chi connectivity index (χ0v) is 49.3. The van der Waals surface area contributed by atoms with E-state index in [4.69, 9.17) is 10.5 Å². The number of Topliss-reactive ketones (excluding diaryl/α,β-unsaturated/α-hetero) is 2. The van der Waals surface area contributed by atoms with Gasteiger partial charge in [0.15, 0.2) is 11.6 Å². The van der Waals surface area contributed by atoms with Gasteiger partial charge in [-0.2, -0.15) is 13.2 Å². The number of phenolic OH excluding ortho intramolecular Hbond substituents is 1. The van der Waals surface area contributed by atoms with E-state index in [1.807, 2.05) is 68.4 Å². The number of para-hydroxylation sites is 1. The van der Waals surface area contributed by atoms with Crippen LogP contribution >= 0.6 is 0 Å². The number of ketones is 2. The zero-order valence-electron chi connectivity index (χ0n) is 49.3. The average molecular weight is 1210 g/mol. The fraction of sp³-hybridized carbons (Fsp3) is 0.422. The molecule has 1 fully saturated rings. The number of cyclic esters (lactones) is 1. The Bertz CT molecular complexity index is 3200. The number of aromatic nitrogens is 1. The summed E-state index contributed by atoms with van der Waals surface area (Å²) in [6.45, 7) is 5.75. The molecule has 0 aliphatic carbocycles. The number of phenols is 1. The number of nitrogens with two attached hydrogens (primary N) is 1. The van der Waals surface area contributed by atoms with E-state index in [0.717, 1.165) is 52.7 Å². The lowest BCUT2D eigenvalue weighted by Crippen LogP contribution is -2.56. The molecular weight excluding hydrogens is 1130 g/mol. The van der Waals surface area contributed by atoms with Crippen LogP contribution in [0.4, 0.5) is 18.0 Å². The molecule has 5 aromatic rings. The lowest BCUT2D eigenvalue weighted by Gasteiger charge is -2.28. The fourth-order valence-electron chi connectivity index (χ4n) is 10.2. The predicted molar refractivity (Wildman–Crippen MR) is 319 cm³/mol. The number of nitrogens with one attached hydrogen (secondary N) is 7. The number of carbonyl (C=O) groups is 9. The van der Waals surface area contributed by atoms with Gasteiger partial charge in [-0.3, -0.25) is 33.6 Å². The average Bonchev–Trinajstić information content (AvgIpc) is 3.74. The number of halogens is 3. The van der Waals surface area contributed by atoms with Gasteiger partial charge in [0.05, 0.1) is 29.7 Å². The van der Waals surface area contributed by atoms with Crippen LogP contribution in [0.15, 0.2) is 115 Å². The second kappa shape index (κ2) is 32.7. The normalized spacial score (nSPS) is 19.3. The van der Waals surface area contributed by atoms with Gasteiger partial charge in [-0.15, -0.1) is 0 Å². The van der Waals surface area contributed by atoms with Crippen LogP contribution in [-0.4, -0.2) is 131 Å². The maximum atomic E-state index is 13.6. The second-order valence-corrected chi connectivity index (χ2v) is 22.4. The van der Waals surface area contributed by atoms with Crippen LogP contribution < -0.4 is 37.6 Å². The summed E-state index contributed by atoms with van der Waals surface area (Å²) in [7, 11) is 1.48. The molecule has 0 radical (unpaired) electrons. The third-order valence-electron chi connectivity index (χ3n) is 14.9. The van der Waals surface area contributed by atoms with Crippen molar-refractivity contribution >= 4 is 64.4 Å². The molecule has 466 valence electrons. The lowest BCUT2D eigenvalue weighted by atomic mass is 9.94. The van der Waals surface area contributed by atoms with E-state index in [2.05, 4.69) is 36.9 Å². The van der Waals surface area contributed by atoms with Crippen molar-refractivity contribution in [1.29, 1.82) is 0 Å². The number of likely N-dealkylation sites (N-methyl/N-ethyl adjacent to an activating group) is 1. The molecule has 2 aliphatic heterocycles. The Morgan fingerprint density at radius 1 is 0.839 bits per heavy atom. The number of aryl methyl sites for hydroxylation is 1. The number of aromatic hydroxyl groups is 1. The van der Waals surface area contributed by atoms with Gasteiger partial charge in [0.1, 0.15) is 30.7 Å². The summed E-state index contributed by atoms with van der Waals surface area (Å²) in [6, 6.07) is 21.3. The summed E-state index contributed by atoms with van der Waals surface area (Å²) in [5.41, 5.74) is 9.20. The van der Waals surface area contributed by atoms with Crippen LogP contribution in [0.1, 0.15) is 92.2 Å². The van der Waals surface area contributed by atoms with Crippen molar-refractivity contribution in [2.24, 2.45) is 17.6 Å². The number of carbonyl (C=O) groups excluding carboxylic acids is 9. The number of rotatable bonds is 18. The smallest absolute Gasteiger partial charge is 0.416 e. The lowest BCUT2D eigenvalue weighted by molar-refractivity contribution is -0.139. The van der Waals surface area contributed by atoms with Gasteiger partial charge in [-0.05, 0) is 110 Å². The van der Waals surface area contributed by atoms with Crippen LogP contribution in [0.25, 0.3) is 10.9 Å². The van der Waals surface area contributed by atoms with Gasteiger partial charge < -0.3 is 62.2 Å². The number of hydrogen-bond donors (Lipinski definition) is 9. The largest absolute Gasteiger partial charge is 0.508 e. The van der Waals surface area contributed by atoms with Gasteiger partial charge in [-0.1, -0.05) is 98.3 Å². The van der Waals surface area contributed by atoms with Crippen molar-refractivity contribution in [3.05, 3.63) is 149 Å². The molecule has 0 bridgehead atoms. The van der Waals surface area contributed by atoms with Crippen molar-refractivity contribution in [2.75, 3.05) is 26.7 Å². The molecule has 0 spiro atoms. The third-order valence-corrected chi connectivity index (χ3v) is 14.9. The van der Waals surface area contributed by atoms with E-state index in [1.54, 1.807) is 37.4 Å². The van der Waals surface area contributed by atoms with E-state index >= 15 is 0 Å². The van der Waals surface area contributed by atoms with Crippen molar-refractivity contribution in [3.63, 3.8) is 0 Å². The Labute approximate surface area is 503 Å². The first-order valence-electron chi connectivity index (χ1n) is 29.0. The number of alkyl halides is 3. The highest BCUT2D eigenvalue weighted by molar-refractivity contribution is 5.96. The molecule has 20 nitrogen and oxygen atoms in total. The van der Waals surface area contributed by atoms with Gasteiger partial charge >= 0.3 is 12.3 Å². The molecule has 7 atom stereocenters. The molecule has 1 aromatic heterocycles. The summed E-state index contributed by atoms with van der Waals surface area (Å²) in [6.07, 6.45) is 1.95. The van der Waals surface area contributed by atoms with Crippen LogP contribution in [0.2, 0.25) is 0 Å². The van der Waals surface area contributed by atoms with E-state index in [0.29, 0.717) is 30.3 Å². The topological polar surface area (TPSA) is 300 Å². The first kappa shape index (κ1) is 67.4. The minimum Gasteiger partial charge on any atom is -0.508 e. The van der Waals surface area contributed by atoms with Crippen LogP contribution in [0.5, 0.6) is 5.75 Å². The SMILES string of the molecule is CN1C(=O)CCC(=O)[C@H](NC(=O)[C@@H](N)Cc2ccc(O)cc2)CC=CCOC(=O)NC[C@@H](C=O)CC(=O)[C@@H]1Cc1ccccc1.Cc1cc(CNC(=O)[C@H](Cc2c[nH]c3ccccc23)NC(=O)[C@H](CC(C)C)NC(=O)[C@@H]2CCCN2)cc(C(F)(F)F)c1. The summed E-state index contributed by atoms with van der Waals surface area (Å²) in [4.78, 5) is 121. The quantitative estimate of drug-likeness (QED) is 0.0374. The number of amides is 6. The Hall–Kier alpha value is -8.70. The number of aldehydes is 1. The summed E-state index contributed by atoms with van der Waals surface area (Å²) >= 11 is 0. The Kier molecular flexibility index (Phi) is 25.3. The minimum atomic E-state index is -4.51. The molecule has 6 amide bonds. The fourth-order valence-corrected chi connectivity index (χ4v) is 10.2. The molecule has 23 heteroatoms. The van der Waals surface area contributed by atoms with Gasteiger partial charge in [0.2, 0.25) is 29.5 Å². The number of alkyl carbamates (subject to hydrolysis) is 1. The molecule has 2 aliphatic rings. The number of nitrogens with zero attached hydrogens (tertiary/aromatic N) is 1. The monoisotopic (exact) mass is 1210 g/mol. The van der Waals surface area contributed by atoms with Crippen molar-refractivity contribution in [3.8, 4) is 5.75 Å². The van der Waals surface area contributed by atoms with Crippen molar-refractivity contribution in [1.82, 2.24) is 41.8 Å². The highest BCUT2D eigenvalue weighted by Gasteiger charge is 2.34. The van der Waals surface area contributed by atoms with E-state index in [1.165, 1.54) is 30.2 Å². The maximum absolute atomic E-state index is 13.6. The zero-order chi connectivity index (χ0) is 63.2. The van der Waals surface area contributed by atoms with Gasteiger partial charge in [-0.25, -0.2) is 4.79 Å². The molecule has 7 rings (SSSR count). The molecular formula is C64H78F3N9O11. The van der Waals surface area contributed by atoms with Crippen LogP contribution in [-0.2, 0) is 75.1 Å². The third kappa shape index (κ3) is 21.3. The summed E-state index contributed by atoms with van der Waals surface area (Å²) in [5, 5.41) is 27.0. The maximum Gasteiger partial charge on any atom is 0.416 e. The number of aromatic amines is 1. The minimum absolute atomic E-state index is 0.0494. The highest BCUT2D eigenvalue weighted by atomic mass is 19.4. The standard InChI is InChI=1S/C33H40N4O8.C31H38F3N5O3/c1-37-28(18-22-7-3-2-4-8-22)30(41)19-24(21-38)20-35-33(44)45-16-6-5-9-27(29(40)14-15-31(37)42)36-32(43)26(34)17-23-10-12-25(39)13-11-23;1-18(2)11-26(38-29(41)25-9-6-10-35-25)30(42)39-27(15-21-17-36-24-8-5-4-7-23(21)24)28(40)37-16-20-12-19(3)13-22(14-20)31(32,33)34/h2-8,10-13,21,24,26-28,39H,9,14-20,34H2,1H3,(H,35,44)(H,36,43);4-5,7-8,12-14,17-18,25-27,35-36H,6,9-11,15-16H2,1-3H3,(H,37,40)(H,38,41)(H,39,42)/t24-,26-,27+,28-;25-,26-,27-/m00/s1. The molecule has 0 saturated carbocycles. The first-order chi connectivity index (χ1) is 41.5. The molecule has 10 N–H and O–H groups in total. The van der Waals surface area contributed by atoms with E-state index in [9.17, 15) is 61.4 Å². The Morgan fingerprint density at radius 3 is 2.25 bits per heavy atom. The van der Waals surface area contributed by atoms with Crippen LogP contribution in [0.3, 0.4) is 0 Å². The number of fused-ring (bicyclic) bond motifs is 1. The predicted octanol–water partition coefficient (Wildman–Crippen LogP) is 5.75. The van der Waals surface area contributed by atoms with Gasteiger partial charge in [0.25, 0.3) is 0 Å². The Morgan fingerprint density at radius 2 is 1.56 bits per heavy atom. The van der Waals surface area contributed by atoms with Crippen molar-refractivity contribution < 1.29 is 66.2 Å². The van der Waals surface area contributed by atoms with E-state index in [-0.39, 0.29) is 94.0 Å².